The first-order valence-corrected chi connectivity index (χ1v) is 4.64. The van der Waals surface area contributed by atoms with Gasteiger partial charge in [0.2, 0.25) is 0 Å². The molecule has 1 atom stereocenters. The van der Waals surface area contributed by atoms with E-state index in [1.54, 1.807) is 24.3 Å². The average molecular weight is 210 g/mol. The molecule has 0 heterocycles. The number of benzene rings is 1. The Labute approximate surface area is 88.1 Å². The van der Waals surface area contributed by atoms with Crippen LogP contribution in [-0.2, 0) is 16.0 Å². The molecule has 15 heavy (non-hydrogen) atoms. The zero-order chi connectivity index (χ0) is 11.3. The fraction of sp³-hybridized carbons (Fsp3) is 0.364. The van der Waals surface area contributed by atoms with Gasteiger partial charge in [0.05, 0.1) is 7.11 Å². The molecule has 0 bridgehead atoms. The van der Waals surface area contributed by atoms with Gasteiger partial charge in [0.15, 0.2) is 6.10 Å². The lowest BCUT2D eigenvalue weighted by Gasteiger charge is -2.08. The molecule has 0 saturated heterocycles. The van der Waals surface area contributed by atoms with E-state index < -0.39 is 12.1 Å². The molecule has 0 saturated carbocycles. The molecule has 0 aliphatic heterocycles. The molecule has 1 unspecified atom stereocenters. The smallest absolute Gasteiger partial charge is 0.339 e. The fourth-order valence-electron chi connectivity index (χ4n) is 1.24. The minimum atomic E-state index is -1.24. The number of esters is 1. The summed E-state index contributed by atoms with van der Waals surface area (Å²) in [6, 6.07) is 6.81. The third-order valence-corrected chi connectivity index (χ3v) is 2.12. The Hall–Kier alpha value is -1.39. The van der Waals surface area contributed by atoms with Crippen molar-refractivity contribution in [1.82, 2.24) is 0 Å². The highest BCUT2D eigenvalue weighted by atomic mass is 16.5. The fourth-order valence-corrected chi connectivity index (χ4v) is 1.24. The van der Waals surface area contributed by atoms with E-state index in [9.17, 15) is 9.90 Å². The van der Waals surface area contributed by atoms with Gasteiger partial charge in [0, 0.05) is 6.61 Å². The molecule has 4 nitrogen and oxygen atoms in total. The lowest BCUT2D eigenvalue weighted by molar-refractivity contribution is -0.150. The molecule has 82 valence electrons. The third kappa shape index (κ3) is 3.04. The van der Waals surface area contributed by atoms with E-state index in [4.69, 9.17) is 5.11 Å². The van der Waals surface area contributed by atoms with Gasteiger partial charge in [-0.1, -0.05) is 24.3 Å². The number of carbonyl (C=O) groups is 1. The predicted molar refractivity (Wildman–Crippen MR) is 54.2 cm³/mol. The second-order valence-corrected chi connectivity index (χ2v) is 3.14. The van der Waals surface area contributed by atoms with E-state index in [0.29, 0.717) is 12.0 Å². The zero-order valence-electron chi connectivity index (χ0n) is 8.51. The van der Waals surface area contributed by atoms with Gasteiger partial charge in [-0.3, -0.25) is 0 Å². The monoisotopic (exact) mass is 210 g/mol. The van der Waals surface area contributed by atoms with Gasteiger partial charge in [-0.15, -0.1) is 0 Å². The number of aliphatic hydroxyl groups is 2. The molecule has 0 spiro atoms. The maximum atomic E-state index is 11.0. The van der Waals surface area contributed by atoms with Crippen molar-refractivity contribution in [2.24, 2.45) is 0 Å². The van der Waals surface area contributed by atoms with Gasteiger partial charge in [-0.2, -0.15) is 0 Å². The second-order valence-electron chi connectivity index (χ2n) is 3.14. The molecule has 1 aromatic carbocycles. The topological polar surface area (TPSA) is 66.8 Å². The lowest BCUT2D eigenvalue weighted by atomic mass is 10.1. The van der Waals surface area contributed by atoms with Gasteiger partial charge in [-0.25, -0.2) is 4.79 Å². The summed E-state index contributed by atoms with van der Waals surface area (Å²) in [5.74, 6) is -0.676. The summed E-state index contributed by atoms with van der Waals surface area (Å²) >= 11 is 0. The van der Waals surface area contributed by atoms with Crippen LogP contribution in [0.15, 0.2) is 24.3 Å². The van der Waals surface area contributed by atoms with Crippen molar-refractivity contribution in [3.8, 4) is 0 Å². The number of ether oxygens (including phenoxy) is 1. The molecular formula is C11H14O4. The Bertz CT molecular complexity index is 318. The summed E-state index contributed by atoms with van der Waals surface area (Å²) in [5, 5.41) is 18.2. The number of hydrogen-bond acceptors (Lipinski definition) is 4. The van der Waals surface area contributed by atoms with Gasteiger partial charge < -0.3 is 14.9 Å². The van der Waals surface area contributed by atoms with Crippen molar-refractivity contribution in [3.05, 3.63) is 35.4 Å². The zero-order valence-corrected chi connectivity index (χ0v) is 8.51. The maximum Gasteiger partial charge on any atom is 0.339 e. The summed E-state index contributed by atoms with van der Waals surface area (Å²) < 4.78 is 4.42. The van der Waals surface area contributed by atoms with Crippen LogP contribution in [0.25, 0.3) is 0 Å². The quantitative estimate of drug-likeness (QED) is 0.707. The van der Waals surface area contributed by atoms with Crippen molar-refractivity contribution in [3.63, 3.8) is 0 Å². The molecule has 0 radical (unpaired) electrons. The van der Waals surface area contributed by atoms with E-state index in [1.807, 2.05) is 0 Å². The van der Waals surface area contributed by atoms with E-state index in [0.717, 1.165) is 5.56 Å². The first kappa shape index (κ1) is 11.7. The first-order chi connectivity index (χ1) is 7.19. The lowest BCUT2D eigenvalue weighted by Crippen LogP contribution is -2.13. The van der Waals surface area contributed by atoms with Gasteiger partial charge >= 0.3 is 5.97 Å². The summed E-state index contributed by atoms with van der Waals surface area (Å²) in [6.45, 7) is 0.0822. The molecule has 1 aromatic rings. The number of aliphatic hydroxyl groups excluding tert-OH is 2. The standard InChI is InChI=1S/C11H14O4/c1-15-11(14)10(13)9-4-2-8(3-5-9)6-7-12/h2-5,10,12-13H,6-7H2,1H3. The van der Waals surface area contributed by atoms with Crippen molar-refractivity contribution in [2.45, 2.75) is 12.5 Å². The second kappa shape index (κ2) is 5.48. The SMILES string of the molecule is COC(=O)C(O)c1ccc(CCO)cc1. The average Bonchev–Trinajstić information content (AvgIpc) is 2.28. The molecule has 0 aromatic heterocycles. The van der Waals surface area contributed by atoms with Crippen molar-refractivity contribution in [2.75, 3.05) is 13.7 Å². The van der Waals surface area contributed by atoms with E-state index >= 15 is 0 Å². The van der Waals surface area contributed by atoms with Crippen molar-refractivity contribution >= 4 is 5.97 Å². The number of rotatable bonds is 4. The molecule has 0 aliphatic rings. The van der Waals surface area contributed by atoms with Crippen LogP contribution in [0.4, 0.5) is 0 Å². The van der Waals surface area contributed by atoms with Crippen LogP contribution in [0.1, 0.15) is 17.2 Å². The highest BCUT2D eigenvalue weighted by molar-refractivity contribution is 5.76. The Morgan fingerprint density at radius 3 is 2.47 bits per heavy atom. The molecule has 0 amide bonds. The Morgan fingerprint density at radius 1 is 1.40 bits per heavy atom. The summed E-state index contributed by atoms with van der Waals surface area (Å²) in [5.41, 5.74) is 1.45. The van der Waals surface area contributed by atoms with Crippen molar-refractivity contribution < 1.29 is 19.7 Å². The van der Waals surface area contributed by atoms with Crippen LogP contribution in [0, 0.1) is 0 Å². The largest absolute Gasteiger partial charge is 0.467 e. The van der Waals surface area contributed by atoms with Gasteiger partial charge in [0.1, 0.15) is 0 Å². The van der Waals surface area contributed by atoms with E-state index in [-0.39, 0.29) is 6.61 Å². The Morgan fingerprint density at radius 2 is 2.00 bits per heavy atom. The number of carbonyl (C=O) groups excluding carboxylic acids is 1. The van der Waals surface area contributed by atoms with Gasteiger partial charge in [-0.05, 0) is 17.5 Å². The van der Waals surface area contributed by atoms with E-state index in [2.05, 4.69) is 4.74 Å². The minimum absolute atomic E-state index is 0.0822. The molecular weight excluding hydrogens is 196 g/mol. The highest BCUT2D eigenvalue weighted by Gasteiger charge is 2.17. The minimum Gasteiger partial charge on any atom is -0.467 e. The third-order valence-electron chi connectivity index (χ3n) is 2.12. The summed E-state index contributed by atoms with van der Waals surface area (Å²) in [7, 11) is 1.23. The molecule has 2 N–H and O–H groups in total. The van der Waals surface area contributed by atoms with Crippen LogP contribution >= 0.6 is 0 Å². The highest BCUT2D eigenvalue weighted by Crippen LogP contribution is 2.15. The molecule has 0 fully saturated rings. The molecule has 1 rings (SSSR count). The predicted octanol–water partition coefficient (Wildman–Crippen LogP) is 0.428. The van der Waals surface area contributed by atoms with Gasteiger partial charge in [0.25, 0.3) is 0 Å². The number of methoxy groups -OCH3 is 1. The van der Waals surface area contributed by atoms with Crippen LogP contribution < -0.4 is 0 Å². The summed E-state index contributed by atoms with van der Waals surface area (Å²) in [4.78, 5) is 11.0. The Kier molecular flexibility index (Phi) is 4.27. The van der Waals surface area contributed by atoms with Crippen LogP contribution in [0.2, 0.25) is 0 Å². The van der Waals surface area contributed by atoms with Crippen molar-refractivity contribution in [1.29, 1.82) is 0 Å². The van der Waals surface area contributed by atoms with Crippen LogP contribution in [0.5, 0.6) is 0 Å². The Balaban J connectivity index is 2.75. The first-order valence-electron chi connectivity index (χ1n) is 4.64. The normalized spacial score (nSPS) is 12.2. The number of hydrogen-bond donors (Lipinski definition) is 2. The summed E-state index contributed by atoms with van der Waals surface area (Å²) in [6.07, 6.45) is -0.674. The van der Waals surface area contributed by atoms with E-state index in [1.165, 1.54) is 7.11 Å². The maximum absolute atomic E-state index is 11.0. The molecule has 4 heteroatoms. The van der Waals surface area contributed by atoms with Crippen LogP contribution in [-0.4, -0.2) is 29.9 Å². The van der Waals surface area contributed by atoms with Crippen LogP contribution in [0.3, 0.4) is 0 Å². The molecule has 0 aliphatic carbocycles.